The third-order valence-electron chi connectivity index (χ3n) is 5.80. The second-order valence-corrected chi connectivity index (χ2v) is 7.03. The maximum Gasteiger partial charge on any atom is 0.0774 e. The van der Waals surface area contributed by atoms with Crippen molar-refractivity contribution < 1.29 is 4.74 Å². The summed E-state index contributed by atoms with van der Waals surface area (Å²) >= 11 is 0. The molecule has 3 aliphatic heterocycles. The van der Waals surface area contributed by atoms with Crippen LogP contribution in [0, 0.1) is 11.8 Å². The van der Waals surface area contributed by atoms with Crippen molar-refractivity contribution in [3.05, 3.63) is 54.7 Å². The summed E-state index contributed by atoms with van der Waals surface area (Å²) in [6.07, 6.45) is 6.73. The molecule has 2 bridgehead atoms. The molecule has 0 radical (unpaired) electrons. The van der Waals surface area contributed by atoms with E-state index in [-0.39, 0.29) is 6.10 Å². The number of hydrogen-bond acceptors (Lipinski definition) is 3. The summed E-state index contributed by atoms with van der Waals surface area (Å²) in [4.78, 5) is 7.17. The van der Waals surface area contributed by atoms with Gasteiger partial charge >= 0.3 is 0 Å². The van der Waals surface area contributed by atoms with E-state index in [1.54, 1.807) is 0 Å². The van der Waals surface area contributed by atoms with Gasteiger partial charge in [-0.25, -0.2) is 0 Å². The first-order valence-electron chi connectivity index (χ1n) is 9.13. The van der Waals surface area contributed by atoms with Gasteiger partial charge in [0.25, 0.3) is 0 Å². The number of para-hydroxylation sites is 1. The molecule has 0 spiro atoms. The van der Waals surface area contributed by atoms with E-state index < -0.39 is 0 Å². The first kappa shape index (κ1) is 15.8. The molecule has 5 rings (SSSR count). The number of hydrogen-bond donors (Lipinski definition) is 0. The van der Waals surface area contributed by atoms with Gasteiger partial charge in [0.1, 0.15) is 0 Å². The van der Waals surface area contributed by atoms with E-state index in [0.717, 1.165) is 31.6 Å². The van der Waals surface area contributed by atoms with Gasteiger partial charge < -0.3 is 4.74 Å². The summed E-state index contributed by atoms with van der Waals surface area (Å²) in [6.45, 7) is 9.21. The largest absolute Gasteiger partial charge is 0.377 e. The van der Waals surface area contributed by atoms with Crippen LogP contribution >= 0.6 is 0 Å². The molecule has 1 aromatic carbocycles. The van der Waals surface area contributed by atoms with Gasteiger partial charge in [0.05, 0.1) is 17.7 Å². The number of nitrogens with zero attached hydrogens (tertiary/aromatic N) is 2. The van der Waals surface area contributed by atoms with Crippen LogP contribution in [0.5, 0.6) is 0 Å². The Morgan fingerprint density at radius 1 is 1.33 bits per heavy atom. The zero-order valence-electron chi connectivity index (χ0n) is 14.4. The van der Waals surface area contributed by atoms with Gasteiger partial charge in [-0.05, 0) is 55.8 Å². The van der Waals surface area contributed by atoms with Crippen molar-refractivity contribution in [2.24, 2.45) is 11.8 Å². The second kappa shape index (κ2) is 6.66. The molecule has 3 saturated heterocycles. The Labute approximate surface area is 144 Å². The van der Waals surface area contributed by atoms with Gasteiger partial charge in [-0.2, -0.15) is 0 Å². The maximum atomic E-state index is 6.26. The zero-order valence-corrected chi connectivity index (χ0v) is 14.4. The van der Waals surface area contributed by atoms with E-state index in [4.69, 9.17) is 4.74 Å². The van der Waals surface area contributed by atoms with Crippen molar-refractivity contribution in [1.82, 2.24) is 9.88 Å². The minimum atomic E-state index is 0.248. The molecule has 1 aromatic heterocycles. The van der Waals surface area contributed by atoms with E-state index >= 15 is 0 Å². The first-order chi connectivity index (χ1) is 11.8. The number of ether oxygens (including phenoxy) is 1. The summed E-state index contributed by atoms with van der Waals surface area (Å²) in [5.74, 6) is 1.29. The molecule has 1 unspecified atom stereocenters. The van der Waals surface area contributed by atoms with Crippen LogP contribution in [0.3, 0.4) is 0 Å². The number of benzene rings is 1. The Bertz CT molecular complexity index is 723. The monoisotopic (exact) mass is 322 g/mol. The number of fused-ring (bicyclic) bond motifs is 5. The molecule has 3 aliphatic rings. The number of rotatable bonds is 4. The Balaban J connectivity index is 1.81. The SMILES string of the molecule is C=C[C@H]1CN2CC[C@H]1C[C@H](OCC)[C@H]2c1ccnc2ccccc12. The lowest BCUT2D eigenvalue weighted by molar-refractivity contribution is 0.000649. The van der Waals surface area contributed by atoms with E-state index in [1.165, 1.54) is 17.4 Å². The molecule has 0 N–H and O–H groups in total. The fraction of sp³-hybridized carbons (Fsp3) is 0.476. The van der Waals surface area contributed by atoms with Crippen LogP contribution in [0.15, 0.2) is 49.2 Å². The van der Waals surface area contributed by atoms with Gasteiger partial charge in [-0.15, -0.1) is 6.58 Å². The quantitative estimate of drug-likeness (QED) is 0.789. The highest BCUT2D eigenvalue weighted by Gasteiger charge is 2.42. The van der Waals surface area contributed by atoms with E-state index in [2.05, 4.69) is 59.8 Å². The fourth-order valence-corrected chi connectivity index (χ4v) is 4.68. The van der Waals surface area contributed by atoms with Crippen LogP contribution in [0.2, 0.25) is 0 Å². The molecule has 126 valence electrons. The molecule has 0 amide bonds. The fourth-order valence-electron chi connectivity index (χ4n) is 4.68. The smallest absolute Gasteiger partial charge is 0.0774 e. The Kier molecular flexibility index (Phi) is 4.38. The predicted molar refractivity (Wildman–Crippen MR) is 97.9 cm³/mol. The lowest BCUT2D eigenvalue weighted by Gasteiger charge is -2.37. The zero-order chi connectivity index (χ0) is 16.5. The predicted octanol–water partition coefficient (Wildman–Crippen LogP) is 4.21. The number of pyridine rings is 1. The van der Waals surface area contributed by atoms with Crippen LogP contribution in [0.25, 0.3) is 10.9 Å². The summed E-state index contributed by atoms with van der Waals surface area (Å²) in [7, 11) is 0. The van der Waals surface area contributed by atoms with Crippen molar-refractivity contribution in [3.8, 4) is 0 Å². The van der Waals surface area contributed by atoms with Gasteiger partial charge in [0.2, 0.25) is 0 Å². The van der Waals surface area contributed by atoms with Crippen LogP contribution in [-0.4, -0.2) is 35.7 Å². The summed E-state index contributed by atoms with van der Waals surface area (Å²) in [6, 6.07) is 11.0. The summed E-state index contributed by atoms with van der Waals surface area (Å²) < 4.78 is 6.26. The molecule has 5 atom stereocenters. The van der Waals surface area contributed by atoms with Crippen molar-refractivity contribution >= 4 is 10.9 Å². The lowest BCUT2D eigenvalue weighted by atomic mass is 9.84. The summed E-state index contributed by atoms with van der Waals surface area (Å²) in [5, 5.41) is 1.26. The molecule has 2 aromatic rings. The molecule has 3 nitrogen and oxygen atoms in total. The molecular formula is C21H26N2O. The molecule has 24 heavy (non-hydrogen) atoms. The number of piperidine rings is 1. The summed E-state index contributed by atoms with van der Waals surface area (Å²) in [5.41, 5.74) is 2.44. The third kappa shape index (κ3) is 2.66. The highest BCUT2D eigenvalue weighted by molar-refractivity contribution is 5.82. The highest BCUT2D eigenvalue weighted by atomic mass is 16.5. The van der Waals surface area contributed by atoms with Crippen molar-refractivity contribution in [3.63, 3.8) is 0 Å². The highest BCUT2D eigenvalue weighted by Crippen LogP contribution is 2.43. The van der Waals surface area contributed by atoms with Crippen molar-refractivity contribution in [2.75, 3.05) is 19.7 Å². The van der Waals surface area contributed by atoms with Crippen LogP contribution in [0.1, 0.15) is 31.4 Å². The topological polar surface area (TPSA) is 25.4 Å². The van der Waals surface area contributed by atoms with Gasteiger partial charge in [0.15, 0.2) is 0 Å². The van der Waals surface area contributed by atoms with Crippen molar-refractivity contribution in [2.45, 2.75) is 31.9 Å². The van der Waals surface area contributed by atoms with Crippen LogP contribution in [0.4, 0.5) is 0 Å². The van der Waals surface area contributed by atoms with Gasteiger partial charge in [0, 0.05) is 24.7 Å². The minimum absolute atomic E-state index is 0.248. The average molecular weight is 322 g/mol. The normalized spacial score (nSPS) is 32.6. The average Bonchev–Trinajstić information content (AvgIpc) is 2.88. The van der Waals surface area contributed by atoms with Gasteiger partial charge in [-0.3, -0.25) is 9.88 Å². The minimum Gasteiger partial charge on any atom is -0.377 e. The Hall–Kier alpha value is -1.71. The van der Waals surface area contributed by atoms with Crippen LogP contribution < -0.4 is 0 Å². The standard InChI is InChI=1S/C21H26N2O/c1-3-15-14-23-12-10-16(15)13-20(24-4-2)21(23)18-9-11-22-19-8-6-5-7-17(18)19/h3,5-9,11,15-16,20-21H,1,4,10,12-14H2,2H3/t15-,16-,20-,21+/m0/s1. The molecule has 0 aliphatic carbocycles. The molecule has 3 heteroatoms. The molecular weight excluding hydrogens is 296 g/mol. The second-order valence-electron chi connectivity index (χ2n) is 7.03. The van der Waals surface area contributed by atoms with Gasteiger partial charge in [-0.1, -0.05) is 24.3 Å². The lowest BCUT2D eigenvalue weighted by Crippen LogP contribution is -2.40. The van der Waals surface area contributed by atoms with Crippen LogP contribution in [-0.2, 0) is 4.74 Å². The Morgan fingerprint density at radius 3 is 3.04 bits per heavy atom. The molecule has 4 heterocycles. The van der Waals surface area contributed by atoms with E-state index in [9.17, 15) is 0 Å². The third-order valence-corrected chi connectivity index (χ3v) is 5.80. The molecule has 0 saturated carbocycles. The van der Waals surface area contributed by atoms with Crippen molar-refractivity contribution in [1.29, 1.82) is 0 Å². The van der Waals surface area contributed by atoms with E-state index in [0.29, 0.717) is 17.9 Å². The molecule has 3 fully saturated rings. The Morgan fingerprint density at radius 2 is 2.21 bits per heavy atom. The first-order valence-corrected chi connectivity index (χ1v) is 9.13. The maximum absolute atomic E-state index is 6.26. The number of aromatic nitrogens is 1. The van der Waals surface area contributed by atoms with E-state index in [1.807, 2.05) is 6.20 Å².